The summed E-state index contributed by atoms with van der Waals surface area (Å²) in [6.45, 7) is 5.20. The highest BCUT2D eigenvalue weighted by atomic mass is 32.2. The number of hydrogen-bond acceptors (Lipinski definition) is 5. The highest BCUT2D eigenvalue weighted by molar-refractivity contribution is 7.94. The molecule has 2 N–H and O–H groups in total. The van der Waals surface area contributed by atoms with Crippen LogP contribution in [0, 0.1) is 5.92 Å². The number of rotatable bonds is 8. The van der Waals surface area contributed by atoms with Gasteiger partial charge in [0.05, 0.1) is 5.69 Å². The number of thiophene rings is 2. The van der Waals surface area contributed by atoms with Crippen LogP contribution in [0.2, 0.25) is 0 Å². The van der Waals surface area contributed by atoms with Crippen molar-refractivity contribution in [3.05, 3.63) is 71.6 Å². The van der Waals surface area contributed by atoms with E-state index in [4.69, 9.17) is 0 Å². The Morgan fingerprint density at radius 2 is 1.67 bits per heavy atom. The van der Waals surface area contributed by atoms with Gasteiger partial charge in [0.25, 0.3) is 10.0 Å². The lowest BCUT2D eigenvalue weighted by Gasteiger charge is -2.35. The first-order chi connectivity index (χ1) is 17.3. The van der Waals surface area contributed by atoms with E-state index in [2.05, 4.69) is 42.1 Å². The van der Waals surface area contributed by atoms with E-state index in [0.29, 0.717) is 22.4 Å². The lowest BCUT2D eigenvalue weighted by atomic mass is 9.81. The minimum Gasteiger partial charge on any atom is -0.307 e. The molecule has 5 rings (SSSR count). The van der Waals surface area contributed by atoms with E-state index in [1.54, 1.807) is 11.3 Å². The second kappa shape index (κ2) is 10.7. The molecule has 0 saturated heterocycles. The van der Waals surface area contributed by atoms with Crippen LogP contribution in [0.25, 0.3) is 20.5 Å². The molecule has 0 atom stereocenters. The van der Waals surface area contributed by atoms with E-state index < -0.39 is 10.0 Å². The third-order valence-corrected chi connectivity index (χ3v) is 11.4. The van der Waals surface area contributed by atoms with Gasteiger partial charge in [0.2, 0.25) is 0 Å². The van der Waals surface area contributed by atoms with Crippen molar-refractivity contribution < 1.29 is 8.42 Å². The smallest absolute Gasteiger partial charge is 0.272 e. The van der Waals surface area contributed by atoms with Crippen LogP contribution in [-0.2, 0) is 16.6 Å². The van der Waals surface area contributed by atoms with Gasteiger partial charge in [-0.25, -0.2) is 8.42 Å². The summed E-state index contributed by atoms with van der Waals surface area (Å²) in [5, 5.41) is 6.75. The van der Waals surface area contributed by atoms with Crippen molar-refractivity contribution in [3.8, 4) is 10.4 Å². The number of anilines is 1. The second-order valence-electron chi connectivity index (χ2n) is 10.3. The van der Waals surface area contributed by atoms with Crippen molar-refractivity contribution in [2.75, 3.05) is 4.72 Å². The van der Waals surface area contributed by atoms with Gasteiger partial charge in [-0.3, -0.25) is 4.72 Å². The fourth-order valence-electron chi connectivity index (χ4n) is 5.23. The van der Waals surface area contributed by atoms with Gasteiger partial charge in [-0.1, -0.05) is 62.1 Å². The molecule has 2 heterocycles. The standard InChI is InChI=1S/C29H34N2O2S3/c1-29(2,23-13-5-3-4-6-14-23)30-20-22-12-7-9-15-25(22)31-36(32,33)28-24(17-18-34-28)27-19-21-11-8-10-16-26(21)35-27/h7-12,15-19,23,30-31H,3-6,13-14,20H2,1-2H3. The predicted octanol–water partition coefficient (Wildman–Crippen LogP) is 8.27. The summed E-state index contributed by atoms with van der Waals surface area (Å²) >= 11 is 2.89. The SMILES string of the molecule is CC(C)(NCc1ccccc1NS(=O)(=O)c1sccc1-c1cc2ccccc2s1)C1CCCCCC1. The minimum absolute atomic E-state index is 0.00156. The van der Waals surface area contributed by atoms with Crippen LogP contribution >= 0.6 is 22.7 Å². The molecule has 0 amide bonds. The van der Waals surface area contributed by atoms with Gasteiger partial charge in [-0.2, -0.15) is 0 Å². The Morgan fingerprint density at radius 3 is 2.44 bits per heavy atom. The van der Waals surface area contributed by atoms with Crippen LogP contribution in [-0.4, -0.2) is 14.0 Å². The first-order valence-electron chi connectivity index (χ1n) is 12.8. The molecule has 36 heavy (non-hydrogen) atoms. The number of para-hydroxylation sites is 1. The Morgan fingerprint density at radius 1 is 0.944 bits per heavy atom. The van der Waals surface area contributed by atoms with E-state index in [1.807, 2.05) is 47.8 Å². The molecule has 190 valence electrons. The number of fused-ring (bicyclic) bond motifs is 1. The third kappa shape index (κ3) is 5.54. The van der Waals surface area contributed by atoms with Crippen molar-refractivity contribution >= 4 is 48.5 Å². The van der Waals surface area contributed by atoms with E-state index in [1.165, 1.54) is 49.9 Å². The Kier molecular flexibility index (Phi) is 7.54. The highest BCUT2D eigenvalue weighted by Gasteiger charge is 2.30. The van der Waals surface area contributed by atoms with Gasteiger partial charge in [-0.15, -0.1) is 22.7 Å². The molecular weight excluding hydrogens is 505 g/mol. The fourth-order valence-corrected chi connectivity index (χ4v) is 8.94. The van der Waals surface area contributed by atoms with Gasteiger partial charge >= 0.3 is 0 Å². The van der Waals surface area contributed by atoms with Gasteiger partial charge < -0.3 is 5.32 Å². The maximum Gasteiger partial charge on any atom is 0.272 e. The molecule has 0 radical (unpaired) electrons. The molecule has 0 unspecified atom stereocenters. The molecule has 2 aromatic carbocycles. The van der Waals surface area contributed by atoms with E-state index in [-0.39, 0.29) is 5.54 Å². The average molecular weight is 539 g/mol. The van der Waals surface area contributed by atoms with Gasteiger partial charge in [-0.05, 0) is 73.2 Å². The van der Waals surface area contributed by atoms with Gasteiger partial charge in [0.1, 0.15) is 4.21 Å². The Hall–Kier alpha value is -2.19. The second-order valence-corrected chi connectivity index (χ2v) is 14.2. The van der Waals surface area contributed by atoms with Crippen molar-refractivity contribution in [2.45, 2.75) is 68.7 Å². The molecule has 0 spiro atoms. The third-order valence-electron chi connectivity index (χ3n) is 7.44. The summed E-state index contributed by atoms with van der Waals surface area (Å²) in [4.78, 5) is 0.970. The summed E-state index contributed by atoms with van der Waals surface area (Å²) in [6, 6.07) is 19.9. The summed E-state index contributed by atoms with van der Waals surface area (Å²) in [5.74, 6) is 0.638. The topological polar surface area (TPSA) is 58.2 Å². The van der Waals surface area contributed by atoms with E-state index >= 15 is 0 Å². The Bertz CT molecular complexity index is 1390. The summed E-state index contributed by atoms with van der Waals surface area (Å²) in [7, 11) is -3.74. The van der Waals surface area contributed by atoms with Crippen molar-refractivity contribution in [3.63, 3.8) is 0 Å². The molecule has 4 nitrogen and oxygen atoms in total. The lowest BCUT2D eigenvalue weighted by molar-refractivity contribution is 0.226. The molecule has 1 aliphatic rings. The first kappa shape index (κ1) is 25.5. The van der Waals surface area contributed by atoms with Crippen molar-refractivity contribution in [2.24, 2.45) is 5.92 Å². The Labute approximate surface area is 222 Å². The number of nitrogens with one attached hydrogen (secondary N) is 2. The summed E-state index contributed by atoms with van der Waals surface area (Å²) < 4.78 is 31.6. The maximum atomic E-state index is 13.6. The van der Waals surface area contributed by atoms with Crippen LogP contribution < -0.4 is 10.0 Å². The zero-order chi connectivity index (χ0) is 25.2. The van der Waals surface area contributed by atoms with Crippen LogP contribution in [0.5, 0.6) is 0 Å². The first-order valence-corrected chi connectivity index (χ1v) is 15.9. The average Bonchev–Trinajstić information content (AvgIpc) is 3.43. The number of sulfonamides is 1. The lowest BCUT2D eigenvalue weighted by Crippen LogP contribution is -2.45. The largest absolute Gasteiger partial charge is 0.307 e. The van der Waals surface area contributed by atoms with Gasteiger partial charge in [0, 0.05) is 27.2 Å². The normalized spacial score (nSPS) is 15.7. The number of hydrogen-bond donors (Lipinski definition) is 2. The van der Waals surface area contributed by atoms with Crippen molar-refractivity contribution in [1.82, 2.24) is 5.32 Å². The van der Waals surface area contributed by atoms with Crippen LogP contribution in [0.3, 0.4) is 0 Å². The summed E-state index contributed by atoms with van der Waals surface area (Å²) in [6.07, 6.45) is 7.79. The van der Waals surface area contributed by atoms with Crippen LogP contribution in [0.15, 0.2) is 70.3 Å². The van der Waals surface area contributed by atoms with Crippen LogP contribution in [0.1, 0.15) is 57.9 Å². The maximum absolute atomic E-state index is 13.6. The molecule has 0 aliphatic heterocycles. The Balaban J connectivity index is 1.36. The molecule has 1 saturated carbocycles. The zero-order valence-electron chi connectivity index (χ0n) is 20.9. The predicted molar refractivity (Wildman–Crippen MR) is 154 cm³/mol. The van der Waals surface area contributed by atoms with Crippen LogP contribution in [0.4, 0.5) is 5.69 Å². The molecule has 2 aromatic heterocycles. The van der Waals surface area contributed by atoms with E-state index in [0.717, 1.165) is 26.1 Å². The van der Waals surface area contributed by atoms with E-state index in [9.17, 15) is 8.42 Å². The van der Waals surface area contributed by atoms with Gasteiger partial charge in [0.15, 0.2) is 0 Å². The quantitative estimate of drug-likeness (QED) is 0.222. The molecular formula is C29H34N2O2S3. The monoisotopic (exact) mass is 538 g/mol. The highest BCUT2D eigenvalue weighted by Crippen LogP contribution is 2.40. The molecule has 4 aromatic rings. The summed E-state index contributed by atoms with van der Waals surface area (Å²) in [5.41, 5.74) is 2.36. The molecule has 0 bridgehead atoms. The number of benzene rings is 2. The molecule has 1 fully saturated rings. The molecule has 1 aliphatic carbocycles. The fraction of sp³-hybridized carbons (Fsp3) is 0.379. The molecule has 7 heteroatoms. The minimum atomic E-state index is -3.74. The van der Waals surface area contributed by atoms with Crippen molar-refractivity contribution in [1.29, 1.82) is 0 Å². The zero-order valence-corrected chi connectivity index (χ0v) is 23.4.